The molecule has 5 aromatic rings. The van der Waals surface area contributed by atoms with Gasteiger partial charge >= 0.3 is 0 Å². The predicted molar refractivity (Wildman–Crippen MR) is 177 cm³/mol. The Morgan fingerprint density at radius 1 is 0.619 bits per heavy atom. The zero-order valence-electron chi connectivity index (χ0n) is 25.3. The van der Waals surface area contributed by atoms with Crippen LogP contribution in [0, 0.1) is 23.8 Å². The van der Waals surface area contributed by atoms with Crippen molar-refractivity contribution >= 4 is 43.9 Å². The molecule has 2 heterocycles. The van der Waals surface area contributed by atoms with Crippen LogP contribution in [-0.2, 0) is 0 Å². The van der Waals surface area contributed by atoms with E-state index in [2.05, 4.69) is 73.3 Å². The van der Waals surface area contributed by atoms with E-state index in [1.807, 2.05) is 18.2 Å². The first-order chi connectivity index (χ1) is 20.7. The minimum atomic E-state index is -0.0916. The van der Waals surface area contributed by atoms with E-state index in [4.69, 9.17) is 14.6 Å². The second kappa shape index (κ2) is 14.9. The van der Waals surface area contributed by atoms with Crippen molar-refractivity contribution in [3.05, 3.63) is 59.7 Å². The van der Waals surface area contributed by atoms with Gasteiger partial charge in [-0.1, -0.05) is 89.9 Å². The second-order valence-electron chi connectivity index (χ2n) is 11.5. The number of furan rings is 2. The van der Waals surface area contributed by atoms with Crippen LogP contribution >= 0.6 is 0 Å². The van der Waals surface area contributed by atoms with Crippen LogP contribution in [0.3, 0.4) is 0 Å². The smallest absolute Gasteiger partial charge is 0.136 e. The summed E-state index contributed by atoms with van der Waals surface area (Å²) in [7, 11) is 0. The molecule has 0 aliphatic carbocycles. The molecule has 42 heavy (non-hydrogen) atoms. The second-order valence-corrected chi connectivity index (χ2v) is 11.5. The van der Waals surface area contributed by atoms with E-state index in [0.29, 0.717) is 0 Å². The van der Waals surface area contributed by atoms with Crippen LogP contribution in [0.5, 0.6) is 0 Å². The molecule has 0 amide bonds. The monoisotopic (exact) mass is 560 g/mol. The standard InChI is InChI=1S/C38H44N2O2/c1-3-5-7-9-11-13-22-40-23-21-29-17-20-32-34-27-37-33(26-38(34)42-36(32)25-29)31-19-16-28(24-35(31)41-37)15-18-30(39)14-12-10-8-6-4-2/h16-17,19-20,24-27,30,40H,3-14,22,39H2,1-2H3. The van der Waals surface area contributed by atoms with Gasteiger partial charge in [-0.3, -0.25) is 0 Å². The first kappa shape index (κ1) is 29.6. The molecule has 1 atom stereocenters. The molecule has 3 N–H and O–H groups in total. The van der Waals surface area contributed by atoms with Crippen LogP contribution in [0.1, 0.15) is 102 Å². The Hall–Kier alpha value is -3.86. The molecule has 218 valence electrons. The highest BCUT2D eigenvalue weighted by molar-refractivity contribution is 6.14. The van der Waals surface area contributed by atoms with Crippen LogP contribution in [-0.4, -0.2) is 12.6 Å². The maximum Gasteiger partial charge on any atom is 0.136 e. The molecule has 0 saturated heterocycles. The highest BCUT2D eigenvalue weighted by Crippen LogP contribution is 2.37. The van der Waals surface area contributed by atoms with Crippen LogP contribution in [0.25, 0.3) is 43.9 Å². The zero-order valence-corrected chi connectivity index (χ0v) is 25.3. The first-order valence-corrected chi connectivity index (χ1v) is 16.0. The van der Waals surface area contributed by atoms with E-state index in [1.54, 1.807) is 0 Å². The lowest BCUT2D eigenvalue weighted by atomic mass is 10.1. The normalized spacial score (nSPS) is 12.0. The highest BCUT2D eigenvalue weighted by Gasteiger charge is 2.14. The number of fused-ring (bicyclic) bond motifs is 6. The molecule has 2 aromatic heterocycles. The number of rotatable bonds is 13. The van der Waals surface area contributed by atoms with Gasteiger partial charge in [0.2, 0.25) is 0 Å². The molecule has 0 spiro atoms. The molecule has 1 unspecified atom stereocenters. The van der Waals surface area contributed by atoms with Gasteiger partial charge in [0.15, 0.2) is 0 Å². The molecule has 0 aliphatic rings. The fourth-order valence-electron chi connectivity index (χ4n) is 5.59. The van der Waals surface area contributed by atoms with E-state index in [-0.39, 0.29) is 6.04 Å². The molecule has 0 saturated carbocycles. The van der Waals surface area contributed by atoms with Crippen molar-refractivity contribution < 1.29 is 8.83 Å². The Bertz CT molecular complexity index is 1750. The Kier molecular flexibility index (Phi) is 10.5. The van der Waals surface area contributed by atoms with Crippen molar-refractivity contribution in [2.45, 2.75) is 96.9 Å². The van der Waals surface area contributed by atoms with Crippen LogP contribution in [0.2, 0.25) is 0 Å². The fourth-order valence-corrected chi connectivity index (χ4v) is 5.59. The molecular formula is C38H44N2O2. The molecule has 3 aromatic carbocycles. The molecule has 0 aliphatic heterocycles. The average Bonchev–Trinajstić information content (AvgIpc) is 3.54. The lowest BCUT2D eigenvalue weighted by Crippen LogP contribution is -2.17. The minimum absolute atomic E-state index is 0.0916. The van der Waals surface area contributed by atoms with E-state index in [0.717, 1.165) is 74.4 Å². The quantitative estimate of drug-likeness (QED) is 0.0854. The zero-order chi connectivity index (χ0) is 29.1. The van der Waals surface area contributed by atoms with Crippen molar-refractivity contribution in [2.24, 2.45) is 5.73 Å². The lowest BCUT2D eigenvalue weighted by molar-refractivity contribution is 0.588. The fraction of sp³-hybridized carbons (Fsp3) is 0.421. The summed E-state index contributed by atoms with van der Waals surface area (Å²) >= 11 is 0. The Labute approximate surface area is 250 Å². The number of hydrogen-bond donors (Lipinski definition) is 2. The largest absolute Gasteiger partial charge is 0.456 e. The Morgan fingerprint density at radius 3 is 1.76 bits per heavy atom. The summed E-state index contributed by atoms with van der Waals surface area (Å²) in [5.41, 5.74) is 11.5. The summed E-state index contributed by atoms with van der Waals surface area (Å²) in [6.07, 6.45) is 14.9. The summed E-state index contributed by atoms with van der Waals surface area (Å²) in [5, 5.41) is 7.45. The van der Waals surface area contributed by atoms with Gasteiger partial charge in [-0.05, 0) is 67.3 Å². The van der Waals surface area contributed by atoms with Crippen molar-refractivity contribution in [3.8, 4) is 23.8 Å². The van der Waals surface area contributed by atoms with Crippen molar-refractivity contribution in [1.29, 1.82) is 0 Å². The summed E-state index contributed by atoms with van der Waals surface area (Å²) in [5.74, 6) is 9.70. The third-order valence-electron chi connectivity index (χ3n) is 8.04. The minimum Gasteiger partial charge on any atom is -0.456 e. The van der Waals surface area contributed by atoms with Crippen molar-refractivity contribution in [3.63, 3.8) is 0 Å². The third-order valence-corrected chi connectivity index (χ3v) is 8.04. The number of nitrogens with one attached hydrogen (secondary N) is 1. The molecule has 0 radical (unpaired) electrons. The lowest BCUT2D eigenvalue weighted by Gasteiger charge is -2.03. The number of benzene rings is 3. The SMILES string of the molecule is CCCCCCCCNC#Cc1ccc2c(c1)oc1cc3c(cc12)oc1cc(C#CC(N)CCCCCCC)ccc13. The Balaban J connectivity index is 1.26. The Morgan fingerprint density at radius 2 is 1.14 bits per heavy atom. The summed E-state index contributed by atoms with van der Waals surface area (Å²) < 4.78 is 12.6. The number of unbranched alkanes of at least 4 members (excludes halogenated alkanes) is 9. The van der Waals surface area contributed by atoms with Gasteiger partial charge in [-0.2, -0.15) is 0 Å². The van der Waals surface area contributed by atoms with Gasteiger partial charge < -0.3 is 19.9 Å². The summed E-state index contributed by atoms with van der Waals surface area (Å²) in [6.45, 7) is 5.41. The first-order valence-electron chi connectivity index (χ1n) is 16.0. The van der Waals surface area contributed by atoms with Gasteiger partial charge in [0.05, 0.1) is 6.04 Å². The maximum atomic E-state index is 6.29. The molecule has 0 bridgehead atoms. The number of hydrogen-bond acceptors (Lipinski definition) is 4. The van der Waals surface area contributed by atoms with Crippen LogP contribution in [0.15, 0.2) is 57.4 Å². The maximum absolute atomic E-state index is 6.29. The van der Waals surface area contributed by atoms with Crippen molar-refractivity contribution in [2.75, 3.05) is 6.54 Å². The predicted octanol–water partition coefficient (Wildman–Crippen LogP) is 9.78. The molecule has 4 heteroatoms. The van der Waals surface area contributed by atoms with E-state index in [1.165, 1.54) is 64.2 Å². The van der Waals surface area contributed by atoms with Gasteiger partial charge in [0.1, 0.15) is 22.3 Å². The van der Waals surface area contributed by atoms with E-state index < -0.39 is 0 Å². The third kappa shape index (κ3) is 7.50. The molecule has 4 nitrogen and oxygen atoms in total. The highest BCUT2D eigenvalue weighted by atomic mass is 16.3. The van der Waals surface area contributed by atoms with Crippen LogP contribution < -0.4 is 11.1 Å². The summed E-state index contributed by atoms with van der Waals surface area (Å²) in [4.78, 5) is 0. The topological polar surface area (TPSA) is 64.3 Å². The molecule has 0 fully saturated rings. The summed E-state index contributed by atoms with van der Waals surface area (Å²) in [6, 6.07) is 19.5. The molecule has 5 rings (SSSR count). The van der Waals surface area contributed by atoms with E-state index in [9.17, 15) is 0 Å². The van der Waals surface area contributed by atoms with Gasteiger partial charge in [-0.15, -0.1) is 0 Å². The number of nitrogens with two attached hydrogens (primary N) is 1. The average molecular weight is 561 g/mol. The van der Waals surface area contributed by atoms with Gasteiger partial charge in [0, 0.05) is 45.3 Å². The molecular weight excluding hydrogens is 516 g/mol. The van der Waals surface area contributed by atoms with Crippen molar-refractivity contribution in [1.82, 2.24) is 5.32 Å². The van der Waals surface area contributed by atoms with Crippen LogP contribution in [0.4, 0.5) is 0 Å². The van der Waals surface area contributed by atoms with E-state index >= 15 is 0 Å². The van der Waals surface area contributed by atoms with Gasteiger partial charge in [0.25, 0.3) is 0 Å². The van der Waals surface area contributed by atoms with Gasteiger partial charge in [-0.25, -0.2) is 0 Å².